The van der Waals surface area contributed by atoms with E-state index in [4.69, 9.17) is 21.1 Å². The summed E-state index contributed by atoms with van der Waals surface area (Å²) in [7, 11) is 3.08. The molecule has 1 aromatic carbocycles. The largest absolute Gasteiger partial charge is 0.493 e. The summed E-state index contributed by atoms with van der Waals surface area (Å²) < 4.78 is 23.7. The van der Waals surface area contributed by atoms with E-state index in [2.05, 4.69) is 9.97 Å². The van der Waals surface area contributed by atoms with Crippen molar-refractivity contribution in [1.82, 2.24) is 9.97 Å². The monoisotopic (exact) mass is 282 g/mol. The molecule has 0 radical (unpaired) electrons. The highest BCUT2D eigenvalue weighted by molar-refractivity contribution is 6.29. The third-order valence-electron chi connectivity index (χ3n) is 2.62. The minimum Gasteiger partial charge on any atom is -0.493 e. The highest BCUT2D eigenvalue weighted by Gasteiger charge is 2.13. The zero-order valence-corrected chi connectivity index (χ0v) is 11.5. The molecule has 0 aliphatic rings. The van der Waals surface area contributed by atoms with Gasteiger partial charge in [-0.15, -0.1) is 0 Å². The van der Waals surface area contributed by atoms with Crippen LogP contribution >= 0.6 is 11.6 Å². The molecule has 6 heteroatoms. The Morgan fingerprint density at radius 2 is 1.79 bits per heavy atom. The van der Waals surface area contributed by atoms with E-state index in [1.165, 1.54) is 14.0 Å². The Kier molecular flexibility index (Phi) is 3.85. The molecule has 0 aliphatic heterocycles. The lowest BCUT2D eigenvalue weighted by Gasteiger charge is -2.09. The van der Waals surface area contributed by atoms with E-state index in [-0.39, 0.29) is 10.8 Å². The second kappa shape index (κ2) is 5.40. The van der Waals surface area contributed by atoms with Gasteiger partial charge in [0.15, 0.2) is 28.3 Å². The van der Waals surface area contributed by atoms with Gasteiger partial charge >= 0.3 is 0 Å². The third-order valence-corrected chi connectivity index (χ3v) is 2.87. The molecule has 0 fully saturated rings. The first kappa shape index (κ1) is 13.5. The minimum absolute atomic E-state index is 0.197. The molecule has 4 nitrogen and oxygen atoms in total. The van der Waals surface area contributed by atoms with Crippen molar-refractivity contribution in [3.63, 3.8) is 0 Å². The molecule has 100 valence electrons. The first-order valence-corrected chi connectivity index (χ1v) is 5.86. The van der Waals surface area contributed by atoms with Gasteiger partial charge in [-0.25, -0.2) is 14.4 Å². The van der Waals surface area contributed by atoms with E-state index < -0.39 is 5.82 Å². The van der Waals surface area contributed by atoms with Crippen LogP contribution in [0.15, 0.2) is 18.2 Å². The van der Waals surface area contributed by atoms with Gasteiger partial charge in [0.1, 0.15) is 0 Å². The standard InChI is InChI=1S/C13H12ClFN2O2/c1-7-11(15)12(14)17-13(16-7)8-4-5-9(18-2)10(6-8)19-3/h4-6H,1-3H3. The summed E-state index contributed by atoms with van der Waals surface area (Å²) in [4.78, 5) is 7.99. The third kappa shape index (κ3) is 2.61. The van der Waals surface area contributed by atoms with Gasteiger partial charge in [0.2, 0.25) is 0 Å². The van der Waals surface area contributed by atoms with E-state index in [1.807, 2.05) is 0 Å². The first-order chi connectivity index (χ1) is 9.06. The molecule has 0 spiro atoms. The van der Waals surface area contributed by atoms with E-state index in [0.717, 1.165) is 0 Å². The maximum Gasteiger partial charge on any atom is 0.181 e. The fourth-order valence-electron chi connectivity index (χ4n) is 1.63. The molecule has 1 aromatic heterocycles. The van der Waals surface area contributed by atoms with Crippen LogP contribution in [-0.4, -0.2) is 24.2 Å². The first-order valence-electron chi connectivity index (χ1n) is 5.49. The maximum atomic E-state index is 13.4. The molecule has 0 bridgehead atoms. The van der Waals surface area contributed by atoms with Crippen LogP contribution in [0.2, 0.25) is 5.15 Å². The van der Waals surface area contributed by atoms with Crippen LogP contribution in [0.3, 0.4) is 0 Å². The van der Waals surface area contributed by atoms with Crippen molar-refractivity contribution >= 4 is 11.6 Å². The Morgan fingerprint density at radius 3 is 2.37 bits per heavy atom. The number of ether oxygens (including phenoxy) is 2. The van der Waals surface area contributed by atoms with Crippen molar-refractivity contribution in [3.05, 3.63) is 34.9 Å². The second-order valence-electron chi connectivity index (χ2n) is 3.81. The van der Waals surface area contributed by atoms with Crippen molar-refractivity contribution in [2.24, 2.45) is 0 Å². The molecule has 1 heterocycles. The number of nitrogens with zero attached hydrogens (tertiary/aromatic N) is 2. The Bertz CT molecular complexity index is 597. The molecule has 19 heavy (non-hydrogen) atoms. The lowest BCUT2D eigenvalue weighted by Crippen LogP contribution is -1.98. The molecule has 0 saturated heterocycles. The lowest BCUT2D eigenvalue weighted by atomic mass is 10.2. The summed E-state index contributed by atoms with van der Waals surface area (Å²) in [5.74, 6) is 0.869. The fourth-order valence-corrected chi connectivity index (χ4v) is 1.85. The zero-order valence-electron chi connectivity index (χ0n) is 10.7. The molecular formula is C13H12ClFN2O2. The topological polar surface area (TPSA) is 44.2 Å². The number of aromatic nitrogens is 2. The van der Waals surface area contributed by atoms with Crippen LogP contribution in [0, 0.1) is 12.7 Å². The summed E-state index contributed by atoms with van der Waals surface area (Å²) >= 11 is 5.72. The van der Waals surface area contributed by atoms with Gasteiger partial charge in [0.05, 0.1) is 19.9 Å². The molecule has 0 saturated carbocycles. The van der Waals surface area contributed by atoms with E-state index >= 15 is 0 Å². The Morgan fingerprint density at radius 1 is 1.11 bits per heavy atom. The maximum absolute atomic E-state index is 13.4. The quantitative estimate of drug-likeness (QED) is 0.811. The highest BCUT2D eigenvalue weighted by atomic mass is 35.5. The molecule has 0 aliphatic carbocycles. The Labute approximate surface area is 115 Å². The SMILES string of the molecule is COc1ccc(-c2nc(C)c(F)c(Cl)n2)cc1OC. The van der Waals surface area contributed by atoms with E-state index in [9.17, 15) is 4.39 Å². The molecule has 0 unspecified atom stereocenters. The van der Waals surface area contributed by atoms with Gasteiger partial charge in [-0.2, -0.15) is 0 Å². The predicted octanol–water partition coefficient (Wildman–Crippen LogP) is 3.26. The van der Waals surface area contributed by atoms with E-state index in [1.54, 1.807) is 25.3 Å². The molecule has 2 aromatic rings. The molecular weight excluding hydrogens is 271 g/mol. The number of methoxy groups -OCH3 is 2. The molecule has 2 rings (SSSR count). The van der Waals surface area contributed by atoms with Crippen LogP contribution in [0.4, 0.5) is 4.39 Å². The van der Waals surface area contributed by atoms with Gasteiger partial charge in [-0.05, 0) is 25.1 Å². The fraction of sp³-hybridized carbons (Fsp3) is 0.231. The van der Waals surface area contributed by atoms with Crippen molar-refractivity contribution < 1.29 is 13.9 Å². The molecule has 0 N–H and O–H groups in total. The van der Waals surface area contributed by atoms with Gasteiger partial charge in [-0.3, -0.25) is 0 Å². The lowest BCUT2D eigenvalue weighted by molar-refractivity contribution is 0.355. The van der Waals surface area contributed by atoms with Crippen molar-refractivity contribution in [1.29, 1.82) is 0 Å². The summed E-state index contributed by atoms with van der Waals surface area (Å²) in [5.41, 5.74) is 0.868. The second-order valence-corrected chi connectivity index (χ2v) is 4.17. The Hall–Kier alpha value is -1.88. The van der Waals surface area contributed by atoms with Crippen LogP contribution in [-0.2, 0) is 0 Å². The normalized spacial score (nSPS) is 10.4. The highest BCUT2D eigenvalue weighted by Crippen LogP contribution is 2.31. The number of halogens is 2. The number of hydrogen-bond donors (Lipinski definition) is 0. The smallest absolute Gasteiger partial charge is 0.181 e. The summed E-state index contributed by atoms with van der Waals surface area (Å²) in [6.07, 6.45) is 0. The average molecular weight is 283 g/mol. The van der Waals surface area contributed by atoms with E-state index in [0.29, 0.717) is 22.9 Å². The summed E-state index contributed by atoms with van der Waals surface area (Å²) in [6, 6.07) is 5.19. The minimum atomic E-state index is -0.606. The zero-order chi connectivity index (χ0) is 14.0. The summed E-state index contributed by atoms with van der Waals surface area (Å²) in [5, 5.41) is -0.197. The number of aryl methyl sites for hydroxylation is 1. The summed E-state index contributed by atoms with van der Waals surface area (Å²) in [6.45, 7) is 1.53. The van der Waals surface area contributed by atoms with Gasteiger partial charge < -0.3 is 9.47 Å². The molecule has 0 amide bonds. The number of hydrogen-bond acceptors (Lipinski definition) is 4. The van der Waals surface area contributed by atoms with Crippen LogP contribution in [0.1, 0.15) is 5.69 Å². The van der Waals surface area contributed by atoms with Crippen LogP contribution < -0.4 is 9.47 Å². The molecule has 0 atom stereocenters. The number of rotatable bonds is 3. The van der Waals surface area contributed by atoms with Gasteiger partial charge in [-0.1, -0.05) is 11.6 Å². The van der Waals surface area contributed by atoms with Gasteiger partial charge in [0.25, 0.3) is 0 Å². The van der Waals surface area contributed by atoms with Gasteiger partial charge in [0, 0.05) is 5.56 Å². The average Bonchev–Trinajstić information content (AvgIpc) is 2.43. The Balaban J connectivity index is 2.53. The van der Waals surface area contributed by atoms with Crippen LogP contribution in [0.5, 0.6) is 11.5 Å². The van der Waals surface area contributed by atoms with Crippen molar-refractivity contribution in [3.8, 4) is 22.9 Å². The van der Waals surface area contributed by atoms with Crippen molar-refractivity contribution in [2.45, 2.75) is 6.92 Å². The van der Waals surface area contributed by atoms with Crippen molar-refractivity contribution in [2.75, 3.05) is 14.2 Å². The van der Waals surface area contributed by atoms with Crippen LogP contribution in [0.25, 0.3) is 11.4 Å². The predicted molar refractivity (Wildman–Crippen MR) is 70.3 cm³/mol. The number of benzene rings is 1.